The molecule has 1 aliphatic heterocycles. The summed E-state index contributed by atoms with van der Waals surface area (Å²) >= 11 is 0. The van der Waals surface area contributed by atoms with Crippen LogP contribution in [0.1, 0.15) is 12.8 Å². The molecule has 0 spiro atoms. The molecule has 1 fully saturated rings. The van der Waals surface area contributed by atoms with Gasteiger partial charge in [-0.3, -0.25) is 9.59 Å². The molecule has 7 nitrogen and oxygen atoms in total. The summed E-state index contributed by atoms with van der Waals surface area (Å²) in [6.07, 6.45) is 1.27. The molecule has 1 unspecified atom stereocenters. The van der Waals surface area contributed by atoms with Gasteiger partial charge in [-0.25, -0.2) is 4.68 Å². The molecule has 0 saturated carbocycles. The summed E-state index contributed by atoms with van der Waals surface area (Å²) in [5.41, 5.74) is 2.68. The van der Waals surface area contributed by atoms with Gasteiger partial charge in [0.2, 0.25) is 11.8 Å². The van der Waals surface area contributed by atoms with Gasteiger partial charge in [0.1, 0.15) is 11.4 Å². The van der Waals surface area contributed by atoms with Crippen molar-refractivity contribution in [3.05, 3.63) is 54.6 Å². The number of hydrogen-bond donors (Lipinski definition) is 1. The molecule has 0 radical (unpaired) electrons. The number of nitrogens with zero attached hydrogens (tertiary/aromatic N) is 4. The predicted molar refractivity (Wildman–Crippen MR) is 102 cm³/mol. The van der Waals surface area contributed by atoms with Gasteiger partial charge in [0.15, 0.2) is 0 Å². The smallest absolute Gasteiger partial charge is 0.239 e. The molecule has 2 aromatic carbocycles. The molecule has 2 amide bonds. The van der Waals surface area contributed by atoms with Crippen molar-refractivity contribution in [2.24, 2.45) is 5.92 Å². The molecule has 2 heterocycles. The summed E-state index contributed by atoms with van der Waals surface area (Å²) < 4.78 is 1.83. The summed E-state index contributed by atoms with van der Waals surface area (Å²) in [7, 11) is 0. The summed E-state index contributed by atoms with van der Waals surface area (Å²) in [4.78, 5) is 26.7. The summed E-state index contributed by atoms with van der Waals surface area (Å²) in [6.45, 7) is 1.74. The minimum atomic E-state index is -0.600. The highest BCUT2D eigenvalue weighted by molar-refractivity contribution is 6.09. The van der Waals surface area contributed by atoms with Crippen LogP contribution in [0, 0.1) is 5.92 Å². The van der Waals surface area contributed by atoms with Crippen LogP contribution >= 0.6 is 0 Å². The van der Waals surface area contributed by atoms with E-state index in [9.17, 15) is 9.59 Å². The average Bonchev–Trinajstić information content (AvgIpc) is 3.29. The molecule has 0 bridgehead atoms. The first-order valence-corrected chi connectivity index (χ1v) is 9.16. The van der Waals surface area contributed by atoms with Crippen LogP contribution in [-0.4, -0.2) is 39.9 Å². The van der Waals surface area contributed by atoms with E-state index in [2.05, 4.69) is 15.6 Å². The zero-order chi connectivity index (χ0) is 18.6. The van der Waals surface area contributed by atoms with Crippen LogP contribution in [0.5, 0.6) is 0 Å². The molecule has 7 heteroatoms. The van der Waals surface area contributed by atoms with Crippen LogP contribution in [0.4, 0.5) is 5.69 Å². The number of benzene rings is 2. The second-order valence-electron chi connectivity index (χ2n) is 6.61. The first kappa shape index (κ1) is 17.2. The first-order chi connectivity index (χ1) is 13.2. The standard InChI is InChI=1S/C20H21N5O2/c26-19(16-11-14-24(20(16)27)15-7-2-1-3-8-15)21-12-6-13-25-18-10-5-4-9-17(18)22-23-25/h1-5,7-10,16H,6,11-14H2,(H,21,26). The molecule has 1 aliphatic rings. The number of amides is 2. The van der Waals surface area contributed by atoms with Crippen LogP contribution < -0.4 is 10.2 Å². The number of anilines is 1. The lowest BCUT2D eigenvalue weighted by molar-refractivity contribution is -0.132. The molecule has 138 valence electrons. The molecule has 1 N–H and O–H groups in total. The lowest BCUT2D eigenvalue weighted by Gasteiger charge is -2.16. The monoisotopic (exact) mass is 363 g/mol. The van der Waals surface area contributed by atoms with Crippen molar-refractivity contribution in [1.29, 1.82) is 0 Å². The lowest BCUT2D eigenvalue weighted by atomic mass is 10.1. The zero-order valence-corrected chi connectivity index (χ0v) is 14.9. The SMILES string of the molecule is O=C(NCCCn1nnc2ccccc21)C1CCN(c2ccccc2)C1=O. The van der Waals surface area contributed by atoms with E-state index in [1.165, 1.54) is 0 Å². The minimum absolute atomic E-state index is 0.124. The van der Waals surface area contributed by atoms with Crippen molar-refractivity contribution < 1.29 is 9.59 Å². The number of carbonyl (C=O) groups excluding carboxylic acids is 2. The van der Waals surface area contributed by atoms with Gasteiger partial charge >= 0.3 is 0 Å². The van der Waals surface area contributed by atoms with Gasteiger partial charge in [-0.15, -0.1) is 5.10 Å². The van der Waals surface area contributed by atoms with Gasteiger partial charge < -0.3 is 10.2 Å². The Morgan fingerprint density at radius 2 is 1.89 bits per heavy atom. The van der Waals surface area contributed by atoms with E-state index in [4.69, 9.17) is 0 Å². The maximum absolute atomic E-state index is 12.6. The predicted octanol–water partition coefficient (Wildman–Crippen LogP) is 1.99. The molecule has 27 heavy (non-hydrogen) atoms. The number of rotatable bonds is 6. The van der Waals surface area contributed by atoms with E-state index in [0.29, 0.717) is 26.1 Å². The third-order valence-corrected chi connectivity index (χ3v) is 4.86. The maximum Gasteiger partial charge on any atom is 0.239 e. The van der Waals surface area contributed by atoms with E-state index < -0.39 is 5.92 Å². The quantitative estimate of drug-likeness (QED) is 0.536. The Kier molecular flexibility index (Phi) is 4.82. The van der Waals surface area contributed by atoms with E-state index in [0.717, 1.165) is 23.1 Å². The summed E-state index contributed by atoms with van der Waals surface area (Å²) in [5, 5.41) is 11.1. The number of nitrogens with one attached hydrogen (secondary N) is 1. The largest absolute Gasteiger partial charge is 0.355 e. The molecular formula is C20H21N5O2. The highest BCUT2D eigenvalue weighted by Crippen LogP contribution is 2.25. The Morgan fingerprint density at radius 1 is 1.11 bits per heavy atom. The van der Waals surface area contributed by atoms with Gasteiger partial charge in [0, 0.05) is 25.3 Å². The van der Waals surface area contributed by atoms with E-state index in [1.54, 1.807) is 4.90 Å². The molecule has 1 aromatic heterocycles. The maximum atomic E-state index is 12.6. The van der Waals surface area contributed by atoms with E-state index in [1.807, 2.05) is 59.3 Å². The van der Waals surface area contributed by atoms with Crippen LogP contribution in [-0.2, 0) is 16.1 Å². The van der Waals surface area contributed by atoms with Crippen molar-refractivity contribution >= 4 is 28.5 Å². The molecule has 1 atom stereocenters. The van der Waals surface area contributed by atoms with Gasteiger partial charge in [0.05, 0.1) is 5.52 Å². The second-order valence-corrected chi connectivity index (χ2v) is 6.61. The first-order valence-electron chi connectivity index (χ1n) is 9.16. The zero-order valence-electron chi connectivity index (χ0n) is 14.9. The van der Waals surface area contributed by atoms with Crippen molar-refractivity contribution in [3.63, 3.8) is 0 Å². The second kappa shape index (κ2) is 7.57. The fraction of sp³-hybridized carbons (Fsp3) is 0.300. The highest BCUT2D eigenvalue weighted by Gasteiger charge is 2.37. The Hall–Kier alpha value is -3.22. The van der Waals surface area contributed by atoms with Gasteiger partial charge in [-0.05, 0) is 37.1 Å². The van der Waals surface area contributed by atoms with Crippen LogP contribution in [0.15, 0.2) is 54.6 Å². The van der Waals surface area contributed by atoms with E-state index in [-0.39, 0.29) is 11.8 Å². The molecule has 1 saturated heterocycles. The Morgan fingerprint density at radius 3 is 2.74 bits per heavy atom. The summed E-state index contributed by atoms with van der Waals surface area (Å²) in [5.74, 6) is -0.916. The third-order valence-electron chi connectivity index (χ3n) is 4.86. The van der Waals surface area contributed by atoms with Crippen molar-refractivity contribution in [2.45, 2.75) is 19.4 Å². The number of para-hydroxylation sites is 2. The topological polar surface area (TPSA) is 80.1 Å². The number of aromatic nitrogens is 3. The van der Waals surface area contributed by atoms with Gasteiger partial charge in [-0.1, -0.05) is 35.5 Å². The Balaban J connectivity index is 1.28. The van der Waals surface area contributed by atoms with E-state index >= 15 is 0 Å². The van der Waals surface area contributed by atoms with Crippen molar-refractivity contribution in [3.8, 4) is 0 Å². The molecule has 4 rings (SSSR count). The normalized spacial score (nSPS) is 16.8. The highest BCUT2D eigenvalue weighted by atomic mass is 16.2. The molecule has 0 aliphatic carbocycles. The minimum Gasteiger partial charge on any atom is -0.355 e. The molecule has 3 aromatic rings. The van der Waals surface area contributed by atoms with Crippen molar-refractivity contribution in [1.82, 2.24) is 20.3 Å². The fourth-order valence-electron chi connectivity index (χ4n) is 3.43. The molecular weight excluding hydrogens is 342 g/mol. The number of hydrogen-bond acceptors (Lipinski definition) is 4. The number of aryl methyl sites for hydroxylation is 1. The lowest BCUT2D eigenvalue weighted by Crippen LogP contribution is -2.37. The van der Waals surface area contributed by atoms with Crippen molar-refractivity contribution in [2.75, 3.05) is 18.0 Å². The fourth-order valence-corrected chi connectivity index (χ4v) is 3.43. The van der Waals surface area contributed by atoms with Gasteiger partial charge in [0.25, 0.3) is 0 Å². The Labute approximate surface area is 157 Å². The van der Waals surface area contributed by atoms with Gasteiger partial charge in [-0.2, -0.15) is 0 Å². The number of fused-ring (bicyclic) bond motifs is 1. The summed E-state index contributed by atoms with van der Waals surface area (Å²) in [6, 6.07) is 17.3. The average molecular weight is 363 g/mol. The third kappa shape index (κ3) is 3.53. The van der Waals surface area contributed by atoms with Crippen LogP contribution in [0.3, 0.4) is 0 Å². The van der Waals surface area contributed by atoms with Crippen LogP contribution in [0.25, 0.3) is 11.0 Å². The Bertz CT molecular complexity index is 953. The van der Waals surface area contributed by atoms with Crippen LogP contribution in [0.2, 0.25) is 0 Å². The number of carbonyl (C=O) groups is 2.